The van der Waals surface area contributed by atoms with Crippen LogP contribution in [0.15, 0.2) is 0 Å². The van der Waals surface area contributed by atoms with E-state index < -0.39 is 6.04 Å². The van der Waals surface area contributed by atoms with Crippen LogP contribution in [0.2, 0.25) is 0 Å². The highest BCUT2D eigenvalue weighted by Crippen LogP contribution is 2.02. The van der Waals surface area contributed by atoms with Crippen LogP contribution in [0.1, 0.15) is 20.8 Å². The molecule has 0 spiro atoms. The standard InChI is InChI=1S/C13H25N3O3/c1-4-14-9-10(2)12(17)15-11(3)13(18)16-5-7-19-8-6-16/h10-11,14H,4-9H2,1-3H3,(H,15,17). The lowest BCUT2D eigenvalue weighted by molar-refractivity contribution is -0.140. The quantitative estimate of drug-likeness (QED) is 0.689. The Hall–Kier alpha value is -1.14. The molecule has 0 aromatic carbocycles. The van der Waals surface area contributed by atoms with Crippen LogP contribution >= 0.6 is 0 Å². The molecule has 6 heteroatoms. The Kier molecular flexibility index (Phi) is 6.80. The van der Waals surface area contributed by atoms with Gasteiger partial charge in [0.05, 0.1) is 13.2 Å². The Labute approximate surface area is 114 Å². The van der Waals surface area contributed by atoms with Crippen LogP contribution in [-0.2, 0) is 14.3 Å². The number of carbonyl (C=O) groups is 2. The van der Waals surface area contributed by atoms with Crippen molar-refractivity contribution in [3.05, 3.63) is 0 Å². The number of amides is 2. The summed E-state index contributed by atoms with van der Waals surface area (Å²) >= 11 is 0. The summed E-state index contributed by atoms with van der Waals surface area (Å²) in [4.78, 5) is 25.7. The summed E-state index contributed by atoms with van der Waals surface area (Å²) in [5, 5.41) is 5.90. The number of morpholine rings is 1. The first-order valence-electron chi connectivity index (χ1n) is 6.93. The van der Waals surface area contributed by atoms with E-state index in [0.29, 0.717) is 32.8 Å². The van der Waals surface area contributed by atoms with Crippen molar-refractivity contribution in [1.29, 1.82) is 0 Å². The van der Waals surface area contributed by atoms with Crippen molar-refractivity contribution < 1.29 is 14.3 Å². The number of ether oxygens (including phenoxy) is 1. The van der Waals surface area contributed by atoms with Gasteiger partial charge in [-0.05, 0) is 13.5 Å². The number of carbonyl (C=O) groups excluding carboxylic acids is 2. The van der Waals surface area contributed by atoms with Crippen molar-refractivity contribution in [3.8, 4) is 0 Å². The van der Waals surface area contributed by atoms with Crippen LogP contribution in [0, 0.1) is 5.92 Å². The van der Waals surface area contributed by atoms with Crippen molar-refractivity contribution in [1.82, 2.24) is 15.5 Å². The minimum absolute atomic E-state index is 0.0349. The van der Waals surface area contributed by atoms with Crippen molar-refractivity contribution in [2.45, 2.75) is 26.8 Å². The summed E-state index contributed by atoms with van der Waals surface area (Å²) < 4.78 is 5.20. The van der Waals surface area contributed by atoms with E-state index >= 15 is 0 Å². The minimum Gasteiger partial charge on any atom is -0.378 e. The highest BCUT2D eigenvalue weighted by Gasteiger charge is 2.24. The molecule has 1 aliphatic rings. The van der Waals surface area contributed by atoms with E-state index in [0.717, 1.165) is 6.54 Å². The van der Waals surface area contributed by atoms with Crippen LogP contribution in [0.4, 0.5) is 0 Å². The summed E-state index contributed by atoms with van der Waals surface area (Å²) in [6.45, 7) is 9.39. The van der Waals surface area contributed by atoms with Gasteiger partial charge in [0.15, 0.2) is 0 Å². The van der Waals surface area contributed by atoms with Crippen LogP contribution in [-0.4, -0.2) is 62.1 Å². The Morgan fingerprint density at radius 2 is 1.89 bits per heavy atom. The molecule has 0 radical (unpaired) electrons. The molecule has 0 bridgehead atoms. The summed E-state index contributed by atoms with van der Waals surface area (Å²) in [6, 6.07) is -0.477. The largest absolute Gasteiger partial charge is 0.378 e. The Balaban J connectivity index is 2.37. The molecule has 1 rings (SSSR count). The lowest BCUT2D eigenvalue weighted by Gasteiger charge is -2.29. The van der Waals surface area contributed by atoms with Crippen LogP contribution in [0.3, 0.4) is 0 Å². The van der Waals surface area contributed by atoms with E-state index in [4.69, 9.17) is 4.74 Å². The summed E-state index contributed by atoms with van der Waals surface area (Å²) in [6.07, 6.45) is 0. The number of rotatable bonds is 6. The molecule has 1 heterocycles. The highest BCUT2D eigenvalue weighted by atomic mass is 16.5. The van der Waals surface area contributed by atoms with Gasteiger partial charge in [-0.3, -0.25) is 9.59 Å². The lowest BCUT2D eigenvalue weighted by Crippen LogP contribution is -2.51. The second kappa shape index (κ2) is 8.12. The Morgan fingerprint density at radius 3 is 2.47 bits per heavy atom. The molecular weight excluding hydrogens is 246 g/mol. The van der Waals surface area contributed by atoms with E-state index in [-0.39, 0.29) is 17.7 Å². The molecule has 0 aliphatic carbocycles. The molecule has 19 heavy (non-hydrogen) atoms. The first kappa shape index (κ1) is 15.9. The van der Waals surface area contributed by atoms with Crippen molar-refractivity contribution in [3.63, 3.8) is 0 Å². The second-order valence-electron chi connectivity index (χ2n) is 4.88. The fourth-order valence-corrected chi connectivity index (χ4v) is 1.93. The van der Waals surface area contributed by atoms with E-state index in [2.05, 4.69) is 10.6 Å². The van der Waals surface area contributed by atoms with E-state index in [1.807, 2.05) is 13.8 Å². The third kappa shape index (κ3) is 5.16. The van der Waals surface area contributed by atoms with Gasteiger partial charge < -0.3 is 20.3 Å². The van der Waals surface area contributed by atoms with Crippen molar-refractivity contribution in [2.75, 3.05) is 39.4 Å². The molecule has 0 aromatic rings. The smallest absolute Gasteiger partial charge is 0.245 e. The molecule has 2 amide bonds. The summed E-state index contributed by atoms with van der Waals surface area (Å²) in [5.74, 6) is -0.262. The zero-order valence-corrected chi connectivity index (χ0v) is 12.1. The van der Waals surface area contributed by atoms with Gasteiger partial charge in [-0.25, -0.2) is 0 Å². The molecule has 6 nitrogen and oxygen atoms in total. The third-order valence-corrected chi connectivity index (χ3v) is 3.20. The van der Waals surface area contributed by atoms with Crippen LogP contribution < -0.4 is 10.6 Å². The number of nitrogens with one attached hydrogen (secondary N) is 2. The minimum atomic E-state index is -0.477. The van der Waals surface area contributed by atoms with Gasteiger partial charge in [-0.2, -0.15) is 0 Å². The maximum atomic E-state index is 12.1. The van der Waals surface area contributed by atoms with E-state index in [1.165, 1.54) is 0 Å². The predicted octanol–water partition coefficient (Wildman–Crippen LogP) is -0.404. The number of hydrogen-bond acceptors (Lipinski definition) is 4. The third-order valence-electron chi connectivity index (χ3n) is 3.20. The zero-order chi connectivity index (χ0) is 14.3. The molecule has 0 saturated carbocycles. The maximum absolute atomic E-state index is 12.1. The van der Waals surface area contributed by atoms with Crippen molar-refractivity contribution >= 4 is 11.8 Å². The first-order valence-corrected chi connectivity index (χ1v) is 6.93. The maximum Gasteiger partial charge on any atom is 0.245 e. The van der Waals surface area contributed by atoms with Gasteiger partial charge in [0, 0.05) is 25.6 Å². The zero-order valence-electron chi connectivity index (χ0n) is 12.1. The topological polar surface area (TPSA) is 70.7 Å². The average molecular weight is 271 g/mol. The highest BCUT2D eigenvalue weighted by molar-refractivity contribution is 5.88. The fraction of sp³-hybridized carbons (Fsp3) is 0.846. The van der Waals surface area contributed by atoms with Crippen molar-refractivity contribution in [2.24, 2.45) is 5.92 Å². The van der Waals surface area contributed by atoms with E-state index in [9.17, 15) is 9.59 Å². The molecule has 1 saturated heterocycles. The van der Waals surface area contributed by atoms with Gasteiger partial charge in [0.1, 0.15) is 6.04 Å². The molecule has 110 valence electrons. The van der Waals surface area contributed by atoms with E-state index in [1.54, 1.807) is 11.8 Å². The Bertz CT molecular complexity index is 304. The van der Waals surface area contributed by atoms with Gasteiger partial charge in [0.25, 0.3) is 0 Å². The Morgan fingerprint density at radius 1 is 1.26 bits per heavy atom. The second-order valence-corrected chi connectivity index (χ2v) is 4.88. The van der Waals surface area contributed by atoms with Gasteiger partial charge in [-0.15, -0.1) is 0 Å². The predicted molar refractivity (Wildman–Crippen MR) is 72.7 cm³/mol. The van der Waals surface area contributed by atoms with Gasteiger partial charge >= 0.3 is 0 Å². The van der Waals surface area contributed by atoms with Gasteiger partial charge in [-0.1, -0.05) is 13.8 Å². The lowest BCUT2D eigenvalue weighted by atomic mass is 10.1. The monoisotopic (exact) mass is 271 g/mol. The number of hydrogen-bond donors (Lipinski definition) is 2. The molecule has 2 N–H and O–H groups in total. The summed E-state index contributed by atoms with van der Waals surface area (Å²) in [5.41, 5.74) is 0. The normalized spacial score (nSPS) is 18.8. The SMILES string of the molecule is CCNCC(C)C(=O)NC(C)C(=O)N1CCOCC1. The molecule has 2 atom stereocenters. The average Bonchev–Trinajstić information content (AvgIpc) is 2.44. The van der Waals surface area contributed by atoms with Crippen LogP contribution in [0.5, 0.6) is 0 Å². The molecule has 2 unspecified atom stereocenters. The molecule has 0 aromatic heterocycles. The molecule has 1 fully saturated rings. The molecule has 1 aliphatic heterocycles. The first-order chi connectivity index (χ1) is 9.06. The van der Waals surface area contributed by atoms with Crippen LogP contribution in [0.25, 0.3) is 0 Å². The fourth-order valence-electron chi connectivity index (χ4n) is 1.93. The molecular formula is C13H25N3O3. The van der Waals surface area contributed by atoms with Gasteiger partial charge in [0.2, 0.25) is 11.8 Å². The number of nitrogens with zero attached hydrogens (tertiary/aromatic N) is 1. The summed E-state index contributed by atoms with van der Waals surface area (Å²) in [7, 11) is 0.